The molecule has 0 aliphatic carbocycles. The molecule has 0 amide bonds. The van der Waals surface area contributed by atoms with Gasteiger partial charge >= 0.3 is 0 Å². The molecule has 8 heteroatoms. The minimum Gasteiger partial charge on any atom is -0.353 e. The van der Waals surface area contributed by atoms with Crippen LogP contribution >= 0.6 is 11.3 Å². The van der Waals surface area contributed by atoms with Gasteiger partial charge in [0.15, 0.2) is 5.78 Å². The molecule has 32 heavy (non-hydrogen) atoms. The van der Waals surface area contributed by atoms with Crippen molar-refractivity contribution in [3.05, 3.63) is 53.3 Å². The fourth-order valence-corrected chi connectivity index (χ4v) is 5.29. The number of rotatable bonds is 6. The molecule has 1 aliphatic heterocycles. The first kappa shape index (κ1) is 20.6. The number of para-hydroxylation sites is 1. The van der Waals surface area contributed by atoms with Crippen LogP contribution in [0.4, 0.5) is 5.82 Å². The molecule has 1 aromatic carbocycles. The summed E-state index contributed by atoms with van der Waals surface area (Å²) < 4.78 is 2.02. The Morgan fingerprint density at radius 2 is 1.97 bits per heavy atom. The first-order valence-electron chi connectivity index (χ1n) is 10.8. The van der Waals surface area contributed by atoms with E-state index in [1.54, 1.807) is 17.7 Å². The van der Waals surface area contributed by atoms with E-state index in [4.69, 9.17) is 5.26 Å². The molecule has 0 spiro atoms. The average molecular weight is 445 g/mol. The lowest BCUT2D eigenvalue weighted by molar-refractivity contribution is 0.0928. The number of aryl methyl sites for hydroxylation is 2. The average Bonchev–Trinajstić information content (AvgIpc) is 3.38. The molecule has 1 saturated heterocycles. The molecule has 7 nitrogen and oxygen atoms in total. The van der Waals surface area contributed by atoms with Crippen molar-refractivity contribution in [3.8, 4) is 6.07 Å². The van der Waals surface area contributed by atoms with Crippen molar-refractivity contribution in [1.29, 1.82) is 5.26 Å². The molecule has 0 unspecified atom stereocenters. The molecule has 0 atom stereocenters. The van der Waals surface area contributed by atoms with Gasteiger partial charge in [0.05, 0.1) is 24.4 Å². The fourth-order valence-electron chi connectivity index (χ4n) is 4.45. The summed E-state index contributed by atoms with van der Waals surface area (Å²) in [6.45, 7) is 6.38. The molecular formula is C24H24N6OS. The molecule has 4 heterocycles. The predicted molar refractivity (Wildman–Crippen MR) is 127 cm³/mol. The third kappa shape index (κ3) is 3.85. The van der Waals surface area contributed by atoms with Crippen LogP contribution in [0, 0.1) is 18.3 Å². The Labute approximate surface area is 190 Å². The summed E-state index contributed by atoms with van der Waals surface area (Å²) in [5.74, 6) is 1.12. The van der Waals surface area contributed by atoms with Gasteiger partial charge in [0.25, 0.3) is 0 Å². The highest BCUT2D eigenvalue weighted by Gasteiger charge is 2.23. The smallest absolute Gasteiger partial charge is 0.178 e. The van der Waals surface area contributed by atoms with E-state index in [1.807, 2.05) is 35.0 Å². The third-order valence-electron chi connectivity index (χ3n) is 6.02. The summed E-state index contributed by atoms with van der Waals surface area (Å²) in [5, 5.41) is 11.0. The van der Waals surface area contributed by atoms with Crippen LogP contribution in [0.15, 0.2) is 42.9 Å². The first-order chi connectivity index (χ1) is 15.6. The SMILES string of the molecule is Cc1cc2c(N3CCN(CC(=O)c4cn(CCC#N)c5ccccc45)CC3)ncnc2s1. The molecule has 0 radical (unpaired) electrons. The van der Waals surface area contributed by atoms with Crippen LogP contribution in [-0.2, 0) is 6.54 Å². The number of thiophene rings is 1. The normalized spacial score (nSPS) is 14.8. The summed E-state index contributed by atoms with van der Waals surface area (Å²) in [4.78, 5) is 28.9. The lowest BCUT2D eigenvalue weighted by Gasteiger charge is -2.35. The van der Waals surface area contributed by atoms with E-state index in [9.17, 15) is 4.79 Å². The number of carbonyl (C=O) groups is 1. The number of hydrogen-bond donors (Lipinski definition) is 0. The first-order valence-corrected chi connectivity index (χ1v) is 11.6. The van der Waals surface area contributed by atoms with Crippen molar-refractivity contribution in [2.45, 2.75) is 19.9 Å². The van der Waals surface area contributed by atoms with Crippen LogP contribution in [0.2, 0.25) is 0 Å². The zero-order valence-electron chi connectivity index (χ0n) is 18.0. The lowest BCUT2D eigenvalue weighted by atomic mass is 10.1. The van der Waals surface area contributed by atoms with Gasteiger partial charge < -0.3 is 9.47 Å². The van der Waals surface area contributed by atoms with Crippen LogP contribution in [0.25, 0.3) is 21.1 Å². The molecule has 5 rings (SSSR count). The zero-order valence-corrected chi connectivity index (χ0v) is 18.8. The maximum Gasteiger partial charge on any atom is 0.178 e. The van der Waals surface area contributed by atoms with Crippen molar-refractivity contribution < 1.29 is 4.79 Å². The van der Waals surface area contributed by atoms with E-state index in [-0.39, 0.29) is 5.78 Å². The summed E-state index contributed by atoms with van der Waals surface area (Å²) in [6.07, 6.45) is 3.98. The standard InChI is InChI=1S/C24H24N6OS/c1-17-13-19-23(26-16-27-24(19)32-17)29-11-9-28(10-12-29)15-22(31)20-14-30(8-4-7-25)21-6-3-2-5-18(20)21/h2-3,5-6,13-14,16H,4,8-12,15H2,1H3. The molecule has 1 fully saturated rings. The number of piperazine rings is 1. The van der Waals surface area contributed by atoms with Crippen molar-refractivity contribution in [3.63, 3.8) is 0 Å². The number of aromatic nitrogens is 3. The number of hydrogen-bond acceptors (Lipinski definition) is 7. The Bertz CT molecular complexity index is 1330. The molecule has 0 bridgehead atoms. The van der Waals surface area contributed by atoms with Gasteiger partial charge in [0.1, 0.15) is 17.0 Å². The highest BCUT2D eigenvalue weighted by molar-refractivity contribution is 7.18. The van der Waals surface area contributed by atoms with E-state index >= 15 is 0 Å². The van der Waals surface area contributed by atoms with E-state index in [0.717, 1.165) is 58.7 Å². The summed E-state index contributed by atoms with van der Waals surface area (Å²) in [5.41, 5.74) is 1.75. The lowest BCUT2D eigenvalue weighted by Crippen LogP contribution is -2.48. The predicted octanol–water partition coefficient (Wildman–Crippen LogP) is 3.87. The van der Waals surface area contributed by atoms with E-state index in [2.05, 4.69) is 38.8 Å². The van der Waals surface area contributed by atoms with Gasteiger partial charge in [0.2, 0.25) is 0 Å². The van der Waals surface area contributed by atoms with E-state index in [1.165, 1.54) is 4.88 Å². The maximum atomic E-state index is 13.2. The number of benzene rings is 1. The van der Waals surface area contributed by atoms with Crippen molar-refractivity contribution in [1.82, 2.24) is 19.4 Å². The second-order valence-electron chi connectivity index (χ2n) is 8.12. The topological polar surface area (TPSA) is 78.0 Å². The van der Waals surface area contributed by atoms with Gasteiger partial charge in [-0.05, 0) is 19.1 Å². The Morgan fingerprint density at radius 3 is 2.78 bits per heavy atom. The fraction of sp³-hybridized carbons (Fsp3) is 0.333. The second-order valence-corrected chi connectivity index (χ2v) is 9.36. The van der Waals surface area contributed by atoms with Gasteiger partial charge in [-0.2, -0.15) is 5.26 Å². The van der Waals surface area contributed by atoms with Crippen LogP contribution in [0.5, 0.6) is 0 Å². The monoisotopic (exact) mass is 444 g/mol. The molecule has 3 aromatic heterocycles. The summed E-state index contributed by atoms with van der Waals surface area (Å²) in [6, 6.07) is 12.3. The number of anilines is 1. The van der Waals surface area contributed by atoms with Crippen LogP contribution < -0.4 is 4.90 Å². The van der Waals surface area contributed by atoms with Gasteiger partial charge in [-0.3, -0.25) is 9.69 Å². The van der Waals surface area contributed by atoms with Gasteiger partial charge in [-0.1, -0.05) is 18.2 Å². The molecule has 0 saturated carbocycles. The Morgan fingerprint density at radius 1 is 1.16 bits per heavy atom. The van der Waals surface area contributed by atoms with Crippen molar-refractivity contribution in [2.24, 2.45) is 0 Å². The quantitative estimate of drug-likeness (QED) is 0.420. The van der Waals surface area contributed by atoms with Crippen molar-refractivity contribution in [2.75, 3.05) is 37.6 Å². The highest BCUT2D eigenvalue weighted by Crippen LogP contribution is 2.30. The number of nitriles is 1. The maximum absolute atomic E-state index is 13.2. The highest BCUT2D eigenvalue weighted by atomic mass is 32.1. The van der Waals surface area contributed by atoms with Gasteiger partial charge in [-0.25, -0.2) is 9.97 Å². The number of nitrogens with zero attached hydrogens (tertiary/aromatic N) is 6. The van der Waals surface area contributed by atoms with E-state index < -0.39 is 0 Å². The minimum absolute atomic E-state index is 0.128. The van der Waals surface area contributed by atoms with Crippen LogP contribution in [0.1, 0.15) is 21.7 Å². The van der Waals surface area contributed by atoms with Crippen LogP contribution in [0.3, 0.4) is 0 Å². The Hall–Kier alpha value is -3.28. The molecule has 162 valence electrons. The molecule has 1 aliphatic rings. The zero-order chi connectivity index (χ0) is 22.1. The van der Waals surface area contributed by atoms with E-state index in [0.29, 0.717) is 19.5 Å². The second kappa shape index (κ2) is 8.69. The molecule has 0 N–H and O–H groups in total. The Kier molecular flexibility index (Phi) is 5.60. The largest absolute Gasteiger partial charge is 0.353 e. The Balaban J connectivity index is 1.28. The van der Waals surface area contributed by atoms with Gasteiger partial charge in [-0.15, -0.1) is 11.3 Å². The molecule has 4 aromatic rings. The number of carbonyl (C=O) groups excluding carboxylic acids is 1. The number of fused-ring (bicyclic) bond motifs is 2. The van der Waals surface area contributed by atoms with Crippen molar-refractivity contribution >= 4 is 44.1 Å². The summed E-state index contributed by atoms with van der Waals surface area (Å²) in [7, 11) is 0. The minimum atomic E-state index is 0.128. The third-order valence-corrected chi connectivity index (χ3v) is 6.98. The van der Waals surface area contributed by atoms with Gasteiger partial charge in [0, 0.05) is 60.3 Å². The number of ketones is 1. The molecular weight excluding hydrogens is 420 g/mol. The number of Topliss-reactive ketones (excluding diaryl/α,β-unsaturated/α-hetero) is 1. The summed E-state index contributed by atoms with van der Waals surface area (Å²) >= 11 is 1.69. The van der Waals surface area contributed by atoms with Crippen LogP contribution in [-0.4, -0.2) is 57.9 Å².